The summed E-state index contributed by atoms with van der Waals surface area (Å²) in [6.07, 6.45) is 4.53. The lowest BCUT2D eigenvalue weighted by atomic mass is 9.58. The minimum Gasteiger partial charge on any atom is -0.318 e. The number of nitriles is 2. The van der Waals surface area contributed by atoms with E-state index < -0.39 is 17.3 Å². The van der Waals surface area contributed by atoms with Crippen molar-refractivity contribution in [2.24, 2.45) is 17.3 Å². The maximum absolute atomic E-state index is 11.8. The predicted molar refractivity (Wildman–Crippen MR) is 64.5 cm³/mol. The highest BCUT2D eigenvalue weighted by Gasteiger charge is 2.54. The second-order valence-corrected chi connectivity index (χ2v) is 5.21. The number of nitrogens with zero attached hydrogens (tertiary/aromatic N) is 2. The highest BCUT2D eigenvalue weighted by molar-refractivity contribution is 7.80. The number of thiocarbonyl (C=S) groups is 1. The van der Waals surface area contributed by atoms with Crippen molar-refractivity contribution in [3.63, 3.8) is 0 Å². The Morgan fingerprint density at radius 2 is 1.76 bits per heavy atom. The van der Waals surface area contributed by atoms with Gasteiger partial charge in [0.05, 0.1) is 17.1 Å². The average Bonchev–Trinajstić information content (AvgIpc) is 2.30. The minimum absolute atomic E-state index is 0.297. The van der Waals surface area contributed by atoms with E-state index in [1.54, 1.807) is 0 Å². The van der Waals surface area contributed by atoms with Gasteiger partial charge in [0, 0.05) is 5.41 Å². The van der Waals surface area contributed by atoms with E-state index in [-0.39, 0.29) is 5.91 Å². The Morgan fingerprint density at radius 3 is 2.29 bits per heavy atom. The van der Waals surface area contributed by atoms with Crippen LogP contribution >= 0.6 is 12.2 Å². The molecule has 0 radical (unpaired) electrons. The Hall–Kier alpha value is -1.46. The molecular weight excluding hydrogens is 234 g/mol. The molecule has 0 aromatic carbocycles. The Bertz CT molecular complexity index is 406. The molecule has 1 spiro atoms. The van der Waals surface area contributed by atoms with Crippen LogP contribution in [0.3, 0.4) is 0 Å². The van der Waals surface area contributed by atoms with Gasteiger partial charge in [0.15, 0.2) is 0 Å². The summed E-state index contributed by atoms with van der Waals surface area (Å²) in [6.45, 7) is 0. The molecule has 1 aliphatic heterocycles. The van der Waals surface area contributed by atoms with E-state index in [2.05, 4.69) is 17.5 Å². The van der Waals surface area contributed by atoms with Crippen LogP contribution in [0, 0.1) is 39.9 Å². The quantitative estimate of drug-likeness (QED) is 0.661. The molecule has 2 fully saturated rings. The summed E-state index contributed by atoms with van der Waals surface area (Å²) in [5, 5.41) is 21.0. The number of amides is 1. The lowest BCUT2D eigenvalue weighted by Gasteiger charge is -2.46. The summed E-state index contributed by atoms with van der Waals surface area (Å²) in [7, 11) is 0. The third kappa shape index (κ3) is 1.71. The van der Waals surface area contributed by atoms with Crippen molar-refractivity contribution in [2.75, 3.05) is 0 Å². The van der Waals surface area contributed by atoms with Crippen molar-refractivity contribution >= 4 is 23.1 Å². The molecule has 88 valence electrons. The van der Waals surface area contributed by atoms with Crippen LogP contribution < -0.4 is 5.32 Å². The molecule has 0 aromatic heterocycles. The molecule has 2 atom stereocenters. The first-order chi connectivity index (χ1) is 8.15. The third-order valence-corrected chi connectivity index (χ3v) is 4.30. The van der Waals surface area contributed by atoms with Gasteiger partial charge in [0.1, 0.15) is 11.8 Å². The van der Waals surface area contributed by atoms with Crippen molar-refractivity contribution in [3.8, 4) is 12.1 Å². The molecule has 4 nitrogen and oxygen atoms in total. The molecule has 0 aromatic rings. The van der Waals surface area contributed by atoms with Gasteiger partial charge in [-0.2, -0.15) is 10.5 Å². The summed E-state index contributed by atoms with van der Waals surface area (Å²) >= 11 is 5.09. The van der Waals surface area contributed by atoms with Gasteiger partial charge in [0.25, 0.3) is 0 Å². The largest absolute Gasteiger partial charge is 0.318 e. The first-order valence-corrected chi connectivity index (χ1v) is 6.20. The van der Waals surface area contributed by atoms with Gasteiger partial charge in [-0.3, -0.25) is 4.79 Å². The van der Waals surface area contributed by atoms with Crippen molar-refractivity contribution in [3.05, 3.63) is 0 Å². The summed E-state index contributed by atoms with van der Waals surface area (Å²) < 4.78 is 0. The van der Waals surface area contributed by atoms with Crippen LogP contribution in [0.1, 0.15) is 32.1 Å². The van der Waals surface area contributed by atoms with E-state index in [1.807, 2.05) is 0 Å². The van der Waals surface area contributed by atoms with E-state index >= 15 is 0 Å². The highest BCUT2D eigenvalue weighted by atomic mass is 32.1. The van der Waals surface area contributed by atoms with Gasteiger partial charge in [-0.1, -0.05) is 31.5 Å². The number of carbonyl (C=O) groups is 1. The average molecular weight is 247 g/mol. The van der Waals surface area contributed by atoms with Crippen LogP contribution in [0.5, 0.6) is 0 Å². The lowest BCUT2D eigenvalue weighted by Crippen LogP contribution is -2.57. The van der Waals surface area contributed by atoms with E-state index in [1.165, 1.54) is 0 Å². The number of nitrogens with one attached hydrogen (secondary N) is 1. The van der Waals surface area contributed by atoms with Gasteiger partial charge in [0.2, 0.25) is 5.91 Å². The monoisotopic (exact) mass is 247 g/mol. The Kier molecular flexibility index (Phi) is 3.13. The second kappa shape index (κ2) is 4.43. The molecular formula is C12H13N3OS. The molecule has 1 heterocycles. The minimum atomic E-state index is -0.737. The van der Waals surface area contributed by atoms with Crippen LogP contribution in [-0.2, 0) is 4.79 Å². The van der Waals surface area contributed by atoms with Gasteiger partial charge >= 0.3 is 0 Å². The van der Waals surface area contributed by atoms with Crippen molar-refractivity contribution in [1.82, 2.24) is 5.32 Å². The van der Waals surface area contributed by atoms with Crippen LogP contribution in [0.25, 0.3) is 0 Å². The molecule has 1 saturated heterocycles. The number of carbonyl (C=O) groups excluding carboxylic acids is 1. The molecule has 1 N–H and O–H groups in total. The maximum Gasteiger partial charge on any atom is 0.242 e. The van der Waals surface area contributed by atoms with E-state index in [4.69, 9.17) is 12.2 Å². The number of piperidine rings is 1. The van der Waals surface area contributed by atoms with E-state index in [0.717, 1.165) is 32.1 Å². The Labute approximate surface area is 106 Å². The molecule has 0 bridgehead atoms. The maximum atomic E-state index is 11.8. The first kappa shape index (κ1) is 12.0. The van der Waals surface area contributed by atoms with Gasteiger partial charge < -0.3 is 5.32 Å². The van der Waals surface area contributed by atoms with Gasteiger partial charge in [-0.25, -0.2) is 0 Å². The van der Waals surface area contributed by atoms with Crippen LogP contribution in [-0.4, -0.2) is 10.9 Å². The summed E-state index contributed by atoms with van der Waals surface area (Å²) in [5.74, 6) is -1.56. The lowest BCUT2D eigenvalue weighted by molar-refractivity contribution is -0.128. The van der Waals surface area contributed by atoms with Crippen molar-refractivity contribution in [2.45, 2.75) is 32.1 Å². The standard InChI is InChI=1S/C12H13N3OS/c13-6-8-10(16)15-11(17)9(7-14)12(8)4-2-1-3-5-12/h8-9H,1-5H2,(H,15,16,17). The van der Waals surface area contributed by atoms with Gasteiger partial charge in [-0.15, -0.1) is 0 Å². The SMILES string of the molecule is N#CC1C(=O)NC(=S)C(C#N)C12CCCCC2. The zero-order valence-corrected chi connectivity index (χ0v) is 10.2. The third-order valence-electron chi connectivity index (χ3n) is 3.96. The fourth-order valence-corrected chi connectivity index (χ4v) is 3.50. The molecule has 1 amide bonds. The van der Waals surface area contributed by atoms with E-state index in [0.29, 0.717) is 4.99 Å². The molecule has 17 heavy (non-hydrogen) atoms. The van der Waals surface area contributed by atoms with Crippen LogP contribution in [0.4, 0.5) is 0 Å². The Morgan fingerprint density at radius 1 is 1.18 bits per heavy atom. The fraction of sp³-hybridized carbons (Fsp3) is 0.667. The fourth-order valence-electron chi connectivity index (χ4n) is 3.12. The molecule has 2 aliphatic rings. The van der Waals surface area contributed by atoms with Crippen LogP contribution in [0.2, 0.25) is 0 Å². The van der Waals surface area contributed by atoms with Crippen LogP contribution in [0.15, 0.2) is 0 Å². The number of hydrogen-bond donors (Lipinski definition) is 1. The molecule has 2 unspecified atom stereocenters. The van der Waals surface area contributed by atoms with Crippen molar-refractivity contribution in [1.29, 1.82) is 10.5 Å². The molecule has 1 aliphatic carbocycles. The highest BCUT2D eigenvalue weighted by Crippen LogP contribution is 2.50. The molecule has 5 heteroatoms. The molecule has 1 saturated carbocycles. The topological polar surface area (TPSA) is 76.7 Å². The predicted octanol–water partition coefficient (Wildman–Crippen LogP) is 1.67. The number of rotatable bonds is 0. The summed E-state index contributed by atoms with van der Waals surface area (Å²) in [6, 6.07) is 4.27. The smallest absolute Gasteiger partial charge is 0.242 e. The Balaban J connectivity index is 2.46. The molecule has 2 rings (SSSR count). The zero-order chi connectivity index (χ0) is 12.5. The van der Waals surface area contributed by atoms with Gasteiger partial charge in [-0.05, 0) is 12.8 Å². The normalized spacial score (nSPS) is 31.4. The summed E-state index contributed by atoms with van der Waals surface area (Å²) in [5.41, 5.74) is -0.541. The zero-order valence-electron chi connectivity index (χ0n) is 9.40. The number of hydrogen-bond acceptors (Lipinski definition) is 4. The van der Waals surface area contributed by atoms with Crippen molar-refractivity contribution < 1.29 is 4.79 Å². The second-order valence-electron chi connectivity index (χ2n) is 4.77. The van der Waals surface area contributed by atoms with E-state index in [9.17, 15) is 15.3 Å². The first-order valence-electron chi connectivity index (χ1n) is 5.79. The summed E-state index contributed by atoms with van der Waals surface area (Å²) in [4.78, 5) is 12.1.